The minimum Gasteiger partial charge on any atom is -0.478 e. The SMILES string of the molecule is N#C/C(=C/c1cccn1-c1ccc(C(=O)O)cc1)C(=O)N1CCOCC1. The molecule has 1 N–H and O–H groups in total. The fourth-order valence-electron chi connectivity index (χ4n) is 2.74. The van der Waals surface area contributed by atoms with E-state index in [1.165, 1.54) is 12.1 Å². The van der Waals surface area contributed by atoms with Crippen LogP contribution in [-0.4, -0.2) is 52.8 Å². The molecule has 1 amide bonds. The number of morpholine rings is 1. The van der Waals surface area contributed by atoms with E-state index >= 15 is 0 Å². The molecule has 0 saturated carbocycles. The van der Waals surface area contributed by atoms with Gasteiger partial charge in [-0.3, -0.25) is 4.79 Å². The van der Waals surface area contributed by atoms with Crippen molar-refractivity contribution in [1.82, 2.24) is 9.47 Å². The smallest absolute Gasteiger partial charge is 0.335 e. The Balaban J connectivity index is 1.88. The van der Waals surface area contributed by atoms with Crippen LogP contribution in [0.15, 0.2) is 48.2 Å². The first-order chi connectivity index (χ1) is 12.6. The number of nitriles is 1. The number of amides is 1. The summed E-state index contributed by atoms with van der Waals surface area (Å²) in [7, 11) is 0. The van der Waals surface area contributed by atoms with E-state index in [9.17, 15) is 14.9 Å². The van der Waals surface area contributed by atoms with Crippen LogP contribution >= 0.6 is 0 Å². The summed E-state index contributed by atoms with van der Waals surface area (Å²) in [4.78, 5) is 25.1. The molecule has 2 heterocycles. The third-order valence-electron chi connectivity index (χ3n) is 4.11. The highest BCUT2D eigenvalue weighted by atomic mass is 16.5. The third-order valence-corrected chi connectivity index (χ3v) is 4.11. The molecule has 0 atom stereocenters. The van der Waals surface area contributed by atoms with Gasteiger partial charge in [0, 0.05) is 30.7 Å². The van der Waals surface area contributed by atoms with Gasteiger partial charge in [-0.2, -0.15) is 5.26 Å². The zero-order valence-electron chi connectivity index (χ0n) is 14.0. The Hall–Kier alpha value is -3.37. The first-order valence-electron chi connectivity index (χ1n) is 8.10. The molecule has 7 nitrogen and oxygen atoms in total. The van der Waals surface area contributed by atoms with Crippen LogP contribution < -0.4 is 0 Å². The van der Waals surface area contributed by atoms with E-state index in [2.05, 4.69) is 0 Å². The quantitative estimate of drug-likeness (QED) is 0.671. The zero-order chi connectivity index (χ0) is 18.5. The molecule has 1 aliphatic heterocycles. The Morgan fingerprint density at radius 1 is 1.15 bits per heavy atom. The predicted octanol–water partition coefficient (Wildman–Crippen LogP) is 1.94. The standard InChI is InChI=1S/C19H17N3O4/c20-13-15(18(23)21-8-10-26-11-9-21)12-17-2-1-7-22(17)16-5-3-14(4-6-16)19(24)25/h1-7,12H,8-11H2,(H,24,25)/b15-12-. The summed E-state index contributed by atoms with van der Waals surface area (Å²) < 4.78 is 7.02. The molecular weight excluding hydrogens is 334 g/mol. The number of carboxylic acids is 1. The van der Waals surface area contributed by atoms with Crippen molar-refractivity contribution < 1.29 is 19.4 Å². The largest absolute Gasteiger partial charge is 0.478 e. The molecule has 0 spiro atoms. The van der Waals surface area contributed by atoms with Gasteiger partial charge in [0.2, 0.25) is 0 Å². The average molecular weight is 351 g/mol. The molecule has 1 aliphatic rings. The number of carbonyl (C=O) groups excluding carboxylic acids is 1. The van der Waals surface area contributed by atoms with Crippen molar-refractivity contribution in [3.63, 3.8) is 0 Å². The van der Waals surface area contributed by atoms with Gasteiger partial charge < -0.3 is 19.3 Å². The van der Waals surface area contributed by atoms with Crippen molar-refractivity contribution in [2.45, 2.75) is 0 Å². The monoisotopic (exact) mass is 351 g/mol. The van der Waals surface area contributed by atoms with Gasteiger partial charge in [0.15, 0.2) is 0 Å². The Morgan fingerprint density at radius 3 is 2.46 bits per heavy atom. The number of rotatable bonds is 4. The first-order valence-corrected chi connectivity index (χ1v) is 8.10. The highest BCUT2D eigenvalue weighted by Crippen LogP contribution is 2.17. The molecule has 26 heavy (non-hydrogen) atoms. The van der Waals surface area contributed by atoms with Crippen molar-refractivity contribution in [1.29, 1.82) is 5.26 Å². The lowest BCUT2D eigenvalue weighted by Gasteiger charge is -2.26. The highest BCUT2D eigenvalue weighted by Gasteiger charge is 2.21. The van der Waals surface area contributed by atoms with E-state index in [0.717, 1.165) is 5.69 Å². The minimum absolute atomic E-state index is 0.0500. The Labute approximate surface area is 150 Å². The van der Waals surface area contributed by atoms with Crippen LogP contribution in [0, 0.1) is 11.3 Å². The number of carboxylic acid groups (broad SMARTS) is 1. The molecule has 1 saturated heterocycles. The van der Waals surface area contributed by atoms with Crippen molar-refractivity contribution in [3.05, 3.63) is 59.4 Å². The maximum absolute atomic E-state index is 12.5. The molecule has 0 unspecified atom stereocenters. The van der Waals surface area contributed by atoms with Gasteiger partial charge in [-0.1, -0.05) is 0 Å². The number of carbonyl (C=O) groups is 2. The second-order valence-corrected chi connectivity index (χ2v) is 5.73. The molecular formula is C19H17N3O4. The predicted molar refractivity (Wildman–Crippen MR) is 93.7 cm³/mol. The number of aromatic carboxylic acids is 1. The molecule has 1 aromatic carbocycles. The number of nitrogens with zero attached hydrogens (tertiary/aromatic N) is 3. The molecule has 3 rings (SSSR count). The second kappa shape index (κ2) is 7.68. The maximum Gasteiger partial charge on any atom is 0.335 e. The molecule has 0 radical (unpaired) electrons. The summed E-state index contributed by atoms with van der Waals surface area (Å²) in [5.41, 5.74) is 1.64. The van der Waals surface area contributed by atoms with Crippen LogP contribution in [-0.2, 0) is 9.53 Å². The van der Waals surface area contributed by atoms with Crippen LogP contribution in [0.4, 0.5) is 0 Å². The van der Waals surface area contributed by atoms with Crippen LogP contribution in [0.5, 0.6) is 0 Å². The van der Waals surface area contributed by atoms with Crippen LogP contribution in [0.25, 0.3) is 11.8 Å². The summed E-state index contributed by atoms with van der Waals surface area (Å²) in [6.45, 7) is 1.87. The average Bonchev–Trinajstić information content (AvgIpc) is 3.14. The fourth-order valence-corrected chi connectivity index (χ4v) is 2.74. The van der Waals surface area contributed by atoms with Gasteiger partial charge in [0.05, 0.1) is 18.8 Å². The maximum atomic E-state index is 12.5. The van der Waals surface area contributed by atoms with Crippen molar-refractivity contribution in [3.8, 4) is 11.8 Å². The first kappa shape index (κ1) is 17.5. The Kier molecular flexibility index (Phi) is 5.15. The summed E-state index contributed by atoms with van der Waals surface area (Å²) in [5.74, 6) is -1.31. The minimum atomic E-state index is -0.993. The van der Waals surface area contributed by atoms with E-state index in [1.807, 2.05) is 6.07 Å². The topological polar surface area (TPSA) is 95.6 Å². The molecule has 0 aliphatic carbocycles. The van der Waals surface area contributed by atoms with Crippen molar-refractivity contribution in [2.75, 3.05) is 26.3 Å². The Bertz CT molecular complexity index is 884. The lowest BCUT2D eigenvalue weighted by Crippen LogP contribution is -2.41. The Morgan fingerprint density at radius 2 is 1.85 bits per heavy atom. The molecule has 0 bridgehead atoms. The van der Waals surface area contributed by atoms with Gasteiger partial charge in [0.25, 0.3) is 5.91 Å². The fraction of sp³-hybridized carbons (Fsp3) is 0.211. The molecule has 7 heteroatoms. The summed E-state index contributed by atoms with van der Waals surface area (Å²) >= 11 is 0. The second-order valence-electron chi connectivity index (χ2n) is 5.73. The molecule has 1 fully saturated rings. The number of ether oxygens (including phenoxy) is 1. The van der Waals surface area contributed by atoms with E-state index in [-0.39, 0.29) is 17.0 Å². The van der Waals surface area contributed by atoms with E-state index < -0.39 is 5.97 Å². The lowest BCUT2D eigenvalue weighted by atomic mass is 10.2. The summed E-state index contributed by atoms with van der Waals surface area (Å²) in [6.07, 6.45) is 3.33. The van der Waals surface area contributed by atoms with Gasteiger partial charge >= 0.3 is 5.97 Å². The number of hydrogen-bond acceptors (Lipinski definition) is 4. The van der Waals surface area contributed by atoms with Crippen molar-refractivity contribution in [2.24, 2.45) is 0 Å². The highest BCUT2D eigenvalue weighted by molar-refractivity contribution is 6.01. The van der Waals surface area contributed by atoms with E-state index in [1.54, 1.807) is 46.0 Å². The number of benzene rings is 1. The van der Waals surface area contributed by atoms with Crippen molar-refractivity contribution >= 4 is 18.0 Å². The van der Waals surface area contributed by atoms with E-state index in [4.69, 9.17) is 9.84 Å². The van der Waals surface area contributed by atoms with E-state index in [0.29, 0.717) is 32.0 Å². The molecule has 132 valence electrons. The summed E-state index contributed by atoms with van der Waals surface area (Å²) in [6, 6.07) is 11.9. The normalized spacial score (nSPS) is 14.7. The van der Waals surface area contributed by atoms with Crippen LogP contribution in [0.1, 0.15) is 16.1 Å². The van der Waals surface area contributed by atoms with Crippen LogP contribution in [0.2, 0.25) is 0 Å². The van der Waals surface area contributed by atoms with Gasteiger partial charge in [-0.25, -0.2) is 4.79 Å². The molecule has 1 aromatic heterocycles. The lowest BCUT2D eigenvalue weighted by molar-refractivity contribution is -0.130. The molecule has 2 aromatic rings. The zero-order valence-corrected chi connectivity index (χ0v) is 14.0. The third kappa shape index (κ3) is 3.66. The number of aromatic nitrogens is 1. The number of hydrogen-bond donors (Lipinski definition) is 1. The van der Waals surface area contributed by atoms with Gasteiger partial charge in [0.1, 0.15) is 11.6 Å². The van der Waals surface area contributed by atoms with Gasteiger partial charge in [-0.05, 0) is 42.5 Å². The van der Waals surface area contributed by atoms with Crippen LogP contribution in [0.3, 0.4) is 0 Å². The van der Waals surface area contributed by atoms with Gasteiger partial charge in [-0.15, -0.1) is 0 Å². The summed E-state index contributed by atoms with van der Waals surface area (Å²) in [5, 5.41) is 18.4.